The summed E-state index contributed by atoms with van der Waals surface area (Å²) in [4.78, 5) is 0. The van der Waals surface area contributed by atoms with Crippen molar-refractivity contribution in [1.82, 2.24) is 0 Å². The Morgan fingerprint density at radius 1 is 1.38 bits per heavy atom. The van der Waals surface area contributed by atoms with E-state index < -0.39 is 0 Å². The molecular weight excluding hydrogens is 132 g/mol. The van der Waals surface area contributed by atoms with Crippen LogP contribution in [0.15, 0.2) is 12.2 Å². The van der Waals surface area contributed by atoms with Crippen LogP contribution in [-0.2, 0) is 0 Å². The van der Waals surface area contributed by atoms with Crippen LogP contribution in [-0.4, -0.2) is 21.7 Å². The predicted octanol–water partition coefficient (Wildman–Crippen LogP) is -1.07. The van der Waals surface area contributed by atoms with Gasteiger partial charge in [-0.15, -0.1) is 0 Å². The van der Waals surface area contributed by atoms with Crippen LogP contribution in [0.4, 0.5) is 0 Å². The van der Waals surface area contributed by atoms with E-state index in [-0.39, 0.29) is 12.4 Å². The summed E-state index contributed by atoms with van der Waals surface area (Å²) in [6.07, 6.45) is 6.90. The quantitative estimate of drug-likeness (QED) is 0.348. The molecule has 0 aromatic carbocycles. The van der Waals surface area contributed by atoms with E-state index in [1.165, 1.54) is 17.4 Å². The van der Waals surface area contributed by atoms with E-state index in [0.717, 1.165) is 0 Å². The predicted molar refractivity (Wildman–Crippen MR) is 34.6 cm³/mol. The SMILES string of the molecule is CC/C=C\C[CH2][Mg+].[Cl-]. The average Bonchev–Trinajstić information content (AvgIpc) is 1.69. The molecule has 2 heteroatoms. The number of halogens is 1. The molecule has 8 heavy (non-hydrogen) atoms. The van der Waals surface area contributed by atoms with Crippen LogP contribution in [0.1, 0.15) is 19.8 Å². The maximum Gasteiger partial charge on any atom is -1.00 e. The monoisotopic (exact) mass is 142 g/mol. The van der Waals surface area contributed by atoms with E-state index in [1.807, 2.05) is 21.7 Å². The number of hydrogen-bond donors (Lipinski definition) is 0. The minimum absolute atomic E-state index is 0. The molecule has 0 heterocycles. The molecule has 0 unspecified atom stereocenters. The Kier molecular flexibility index (Phi) is 15.5. The Bertz CT molecular complexity index is 52.5. The van der Waals surface area contributed by atoms with Gasteiger partial charge in [0, 0.05) is 0 Å². The molecule has 0 radical (unpaired) electrons. The van der Waals surface area contributed by atoms with Gasteiger partial charge < -0.3 is 12.4 Å². The summed E-state index contributed by atoms with van der Waals surface area (Å²) < 4.78 is 1.30. The standard InChI is InChI=1S/C6H11.ClH.Mg/c1-3-5-6-4-2;;/h5-6H,1,3-4H2,2H3;1H;/q;;+1/p-1/b6-5-;;. The van der Waals surface area contributed by atoms with E-state index in [2.05, 4.69) is 19.1 Å². The molecule has 0 saturated heterocycles. The Balaban J connectivity index is 0. The maximum atomic E-state index is 2.24. The van der Waals surface area contributed by atoms with Crippen molar-refractivity contribution < 1.29 is 12.4 Å². The van der Waals surface area contributed by atoms with E-state index in [4.69, 9.17) is 0 Å². The molecule has 44 valence electrons. The molecule has 0 aromatic rings. The molecule has 0 aliphatic heterocycles. The summed E-state index contributed by atoms with van der Waals surface area (Å²) in [5.74, 6) is 0. The average molecular weight is 143 g/mol. The fourth-order valence-electron chi connectivity index (χ4n) is 0.402. The van der Waals surface area contributed by atoms with Crippen LogP contribution in [0, 0.1) is 0 Å². The zero-order chi connectivity index (χ0) is 5.54. The van der Waals surface area contributed by atoms with Gasteiger partial charge in [-0.25, -0.2) is 0 Å². The van der Waals surface area contributed by atoms with Crippen LogP contribution in [0.2, 0.25) is 4.55 Å². The van der Waals surface area contributed by atoms with Gasteiger partial charge in [-0.05, 0) is 0 Å². The normalized spacial score (nSPS) is 9.38. The molecule has 0 aliphatic rings. The number of rotatable bonds is 3. The fraction of sp³-hybridized carbons (Fsp3) is 0.667. The first kappa shape index (κ1) is 11.6. The third-order valence-corrected chi connectivity index (χ3v) is 1.18. The molecule has 0 saturated carbocycles. The van der Waals surface area contributed by atoms with Crippen LogP contribution in [0.25, 0.3) is 0 Å². The Labute approximate surface area is 70.6 Å². The summed E-state index contributed by atoms with van der Waals surface area (Å²) >= 11 is 2.03. The van der Waals surface area contributed by atoms with Crippen molar-refractivity contribution in [3.8, 4) is 0 Å². The molecule has 0 N–H and O–H groups in total. The Hall–Kier alpha value is 0.796. The van der Waals surface area contributed by atoms with Crippen LogP contribution < -0.4 is 12.4 Å². The van der Waals surface area contributed by atoms with Gasteiger partial charge in [-0.1, -0.05) is 0 Å². The van der Waals surface area contributed by atoms with Crippen molar-refractivity contribution in [3.05, 3.63) is 12.2 Å². The second-order valence-electron chi connectivity index (χ2n) is 1.52. The van der Waals surface area contributed by atoms with Gasteiger partial charge in [0.05, 0.1) is 0 Å². The van der Waals surface area contributed by atoms with Gasteiger partial charge in [0.1, 0.15) is 0 Å². The van der Waals surface area contributed by atoms with E-state index in [0.29, 0.717) is 0 Å². The van der Waals surface area contributed by atoms with Crippen molar-refractivity contribution in [2.75, 3.05) is 0 Å². The van der Waals surface area contributed by atoms with E-state index in [9.17, 15) is 0 Å². The molecule has 0 bridgehead atoms. The van der Waals surface area contributed by atoms with Crippen molar-refractivity contribution in [2.24, 2.45) is 0 Å². The van der Waals surface area contributed by atoms with Crippen LogP contribution >= 0.6 is 0 Å². The van der Waals surface area contributed by atoms with Gasteiger partial charge >= 0.3 is 58.2 Å². The summed E-state index contributed by atoms with van der Waals surface area (Å²) in [6, 6.07) is 0. The second kappa shape index (κ2) is 10.7. The van der Waals surface area contributed by atoms with Crippen molar-refractivity contribution in [1.29, 1.82) is 0 Å². The molecule has 0 aromatic heterocycles. The summed E-state index contributed by atoms with van der Waals surface area (Å²) in [6.45, 7) is 2.16. The largest absolute Gasteiger partial charge is 1.00 e. The minimum Gasteiger partial charge on any atom is -1.00 e. The second-order valence-corrected chi connectivity index (χ2v) is 2.23. The first-order valence-electron chi connectivity index (χ1n) is 2.86. The van der Waals surface area contributed by atoms with Crippen LogP contribution in [0.5, 0.6) is 0 Å². The molecule has 0 spiro atoms. The van der Waals surface area contributed by atoms with Crippen molar-refractivity contribution in [3.63, 3.8) is 0 Å². The van der Waals surface area contributed by atoms with Gasteiger partial charge in [0.15, 0.2) is 0 Å². The van der Waals surface area contributed by atoms with Crippen molar-refractivity contribution in [2.45, 2.75) is 24.3 Å². The van der Waals surface area contributed by atoms with Gasteiger partial charge in [-0.3, -0.25) is 0 Å². The maximum absolute atomic E-state index is 2.24. The molecule has 0 amide bonds. The number of hydrogen-bond acceptors (Lipinski definition) is 0. The van der Waals surface area contributed by atoms with Crippen LogP contribution in [0.3, 0.4) is 0 Å². The van der Waals surface area contributed by atoms with Gasteiger partial charge in [0.2, 0.25) is 0 Å². The van der Waals surface area contributed by atoms with Crippen molar-refractivity contribution >= 4 is 21.7 Å². The molecule has 0 aliphatic carbocycles. The smallest absolute Gasteiger partial charge is 1.00 e. The molecule has 0 atom stereocenters. The molecule has 0 fully saturated rings. The molecule has 0 rings (SSSR count). The summed E-state index contributed by atoms with van der Waals surface area (Å²) in [5, 5.41) is 0. The topological polar surface area (TPSA) is 0 Å². The van der Waals surface area contributed by atoms with E-state index in [1.54, 1.807) is 0 Å². The Morgan fingerprint density at radius 2 is 2.00 bits per heavy atom. The van der Waals surface area contributed by atoms with Gasteiger partial charge in [0.25, 0.3) is 0 Å². The Morgan fingerprint density at radius 3 is 2.38 bits per heavy atom. The summed E-state index contributed by atoms with van der Waals surface area (Å²) in [5.41, 5.74) is 0. The molecular formula is C6H11ClMg. The third-order valence-electron chi connectivity index (χ3n) is 0.773. The first-order chi connectivity index (χ1) is 3.41. The zero-order valence-corrected chi connectivity index (χ0v) is 7.53. The number of allylic oxidation sites excluding steroid dienone is 2. The fourth-order valence-corrected chi connectivity index (χ4v) is 0.638. The summed E-state index contributed by atoms with van der Waals surface area (Å²) in [7, 11) is 0. The zero-order valence-electron chi connectivity index (χ0n) is 5.36. The molecule has 0 nitrogen and oxygen atoms in total. The first-order valence-corrected chi connectivity index (χ1v) is 3.86. The minimum atomic E-state index is 0. The third kappa shape index (κ3) is 9.93. The van der Waals surface area contributed by atoms with Gasteiger partial charge in [-0.2, -0.15) is 0 Å². The van der Waals surface area contributed by atoms with E-state index >= 15 is 0 Å².